The summed E-state index contributed by atoms with van der Waals surface area (Å²) in [5.41, 5.74) is 0. The van der Waals surface area contributed by atoms with Crippen molar-refractivity contribution in [3.8, 4) is 0 Å². The van der Waals surface area contributed by atoms with Gasteiger partial charge in [-0.15, -0.1) is 0 Å². The van der Waals surface area contributed by atoms with Gasteiger partial charge in [0.15, 0.2) is 6.10 Å². The van der Waals surface area contributed by atoms with Crippen molar-refractivity contribution in [1.29, 1.82) is 0 Å². The third-order valence-electron chi connectivity index (χ3n) is 1.01. The second-order valence-electron chi connectivity index (χ2n) is 2.47. The van der Waals surface area contributed by atoms with E-state index in [0.717, 1.165) is 0 Å². The minimum atomic E-state index is -1.79. The Morgan fingerprint density at radius 2 is 1.35 bits per heavy atom. The zero-order valence-corrected chi connectivity index (χ0v) is 14.9. The third-order valence-corrected chi connectivity index (χ3v) is 1.01. The fourth-order valence-corrected chi connectivity index (χ4v) is 0.253. The molecule has 0 amide bonds. The third kappa shape index (κ3) is 22.6. The molecule has 8 nitrogen and oxygen atoms in total. The fraction of sp³-hybridized carbons (Fsp3) is 0.571. The predicted molar refractivity (Wildman–Crippen MR) is 47.4 cm³/mol. The molecule has 0 bridgehead atoms. The average Bonchev–Trinajstić information content (AvgIpc) is 2.03. The molecule has 0 radical (unpaired) electrons. The molecule has 0 rings (SSSR count). The molecule has 5 N–H and O–H groups in total. The summed E-state index contributed by atoms with van der Waals surface area (Å²) in [6.45, 7) is 1.20. The zero-order valence-electron chi connectivity index (χ0n) is 11.8. The van der Waals surface area contributed by atoms with Crippen molar-refractivity contribution in [2.75, 3.05) is 0 Å². The minimum absolute atomic E-state index is 0. The number of aliphatic carboxylic acids is 3. The quantitative estimate of drug-likeness (QED) is 0.320. The average molecular weight is 288 g/mol. The molecule has 2 unspecified atom stereocenters. The first kappa shape index (κ1) is 26.5. The first-order chi connectivity index (χ1) is 6.68. The summed E-state index contributed by atoms with van der Waals surface area (Å²) in [4.78, 5) is 28.9. The molecule has 0 heterocycles. The summed E-state index contributed by atoms with van der Waals surface area (Å²) >= 11 is 0. The maximum atomic E-state index is 9.72. The standard InChI is InChI=1S/C4H6O5.C3H6O3.K.Na.2H/c5-2(4(8)9)1-3(6)7;1-2(4)3(5)6;;;;/h2,5H,1H2,(H,6,7)(H,8,9);2,4H,1H3,(H,5,6);;;;/q;;2*+1;2*-1. The van der Waals surface area contributed by atoms with Crippen molar-refractivity contribution in [1.82, 2.24) is 0 Å². The normalized spacial score (nSPS) is 11.5. The Balaban J connectivity index is -0.0000000385. The van der Waals surface area contributed by atoms with Crippen molar-refractivity contribution in [2.24, 2.45) is 0 Å². The summed E-state index contributed by atoms with van der Waals surface area (Å²) in [5.74, 6) is -4.03. The van der Waals surface area contributed by atoms with Gasteiger partial charge in [0.1, 0.15) is 6.10 Å². The van der Waals surface area contributed by atoms with Gasteiger partial charge in [0.2, 0.25) is 0 Å². The molecule has 0 aliphatic carbocycles. The Hall–Kier alpha value is 0.966. The van der Waals surface area contributed by atoms with Crippen molar-refractivity contribution in [2.45, 2.75) is 25.6 Å². The van der Waals surface area contributed by atoms with E-state index in [9.17, 15) is 14.4 Å². The molecule has 0 aromatic carbocycles. The largest absolute Gasteiger partial charge is 1.00 e. The van der Waals surface area contributed by atoms with E-state index in [1.807, 2.05) is 0 Å². The van der Waals surface area contributed by atoms with Crippen molar-refractivity contribution in [3.05, 3.63) is 0 Å². The number of aliphatic hydroxyl groups is 2. The van der Waals surface area contributed by atoms with Crippen LogP contribution in [-0.2, 0) is 14.4 Å². The van der Waals surface area contributed by atoms with E-state index in [1.54, 1.807) is 0 Å². The summed E-state index contributed by atoms with van der Waals surface area (Å²) in [5, 5.41) is 39.9. The first-order valence-corrected chi connectivity index (χ1v) is 3.72. The fourth-order valence-electron chi connectivity index (χ4n) is 0.253. The van der Waals surface area contributed by atoms with Gasteiger partial charge < -0.3 is 28.4 Å². The summed E-state index contributed by atoms with van der Waals surface area (Å²) in [6, 6.07) is 0. The SMILES string of the molecule is CC(O)C(=O)O.O=C(O)CC(O)C(=O)O.[H-].[H-].[K+].[Na+]. The van der Waals surface area contributed by atoms with Crippen LogP contribution >= 0.6 is 0 Å². The monoisotopic (exact) mass is 288 g/mol. The molecule has 0 spiro atoms. The van der Waals surface area contributed by atoms with Gasteiger partial charge in [-0.25, -0.2) is 9.59 Å². The molecule has 2 atom stereocenters. The van der Waals surface area contributed by atoms with Crippen LogP contribution in [-0.4, -0.2) is 55.6 Å². The van der Waals surface area contributed by atoms with E-state index >= 15 is 0 Å². The van der Waals surface area contributed by atoms with Gasteiger partial charge in [-0.05, 0) is 6.92 Å². The van der Waals surface area contributed by atoms with Crippen LogP contribution in [0.15, 0.2) is 0 Å². The van der Waals surface area contributed by atoms with Gasteiger partial charge in [0, 0.05) is 0 Å². The molecule has 0 saturated heterocycles. The summed E-state index contributed by atoms with van der Waals surface area (Å²) < 4.78 is 0. The van der Waals surface area contributed by atoms with Crippen LogP contribution in [0.1, 0.15) is 16.2 Å². The maximum Gasteiger partial charge on any atom is 1.00 e. The van der Waals surface area contributed by atoms with Crippen LogP contribution in [0, 0.1) is 0 Å². The van der Waals surface area contributed by atoms with Gasteiger partial charge in [0.25, 0.3) is 0 Å². The molecule has 92 valence electrons. The zero-order chi connectivity index (χ0) is 12.6. The number of carboxylic acids is 3. The van der Waals surface area contributed by atoms with Crippen LogP contribution < -0.4 is 80.9 Å². The number of hydrogen-bond donors (Lipinski definition) is 5. The van der Waals surface area contributed by atoms with Gasteiger partial charge in [-0.3, -0.25) is 4.79 Å². The van der Waals surface area contributed by atoms with Crippen molar-refractivity contribution >= 4 is 17.9 Å². The smallest absolute Gasteiger partial charge is 1.00 e. The second-order valence-corrected chi connectivity index (χ2v) is 2.47. The molecule has 17 heavy (non-hydrogen) atoms. The minimum Gasteiger partial charge on any atom is -1.00 e. The number of hydrogen-bond acceptors (Lipinski definition) is 5. The van der Waals surface area contributed by atoms with Crippen LogP contribution in [0.25, 0.3) is 0 Å². The molecular weight excluding hydrogens is 274 g/mol. The Morgan fingerprint density at radius 1 is 1.06 bits per heavy atom. The molecule has 10 heteroatoms. The Morgan fingerprint density at radius 3 is 1.41 bits per heavy atom. The molecule has 0 saturated carbocycles. The van der Waals surface area contributed by atoms with E-state index in [1.165, 1.54) is 6.92 Å². The van der Waals surface area contributed by atoms with E-state index in [0.29, 0.717) is 0 Å². The molecular formula is C7H14KNaO8. The molecule has 0 fully saturated rings. The van der Waals surface area contributed by atoms with Gasteiger partial charge in [0.05, 0.1) is 6.42 Å². The number of rotatable bonds is 4. The first-order valence-electron chi connectivity index (χ1n) is 3.72. The van der Waals surface area contributed by atoms with Crippen LogP contribution in [0.2, 0.25) is 0 Å². The van der Waals surface area contributed by atoms with E-state index in [-0.39, 0.29) is 83.8 Å². The van der Waals surface area contributed by atoms with Gasteiger partial charge in [-0.2, -0.15) is 0 Å². The van der Waals surface area contributed by atoms with E-state index in [4.69, 9.17) is 25.5 Å². The number of carbonyl (C=O) groups is 3. The summed E-state index contributed by atoms with van der Waals surface area (Å²) in [7, 11) is 0. The topological polar surface area (TPSA) is 152 Å². The van der Waals surface area contributed by atoms with Crippen LogP contribution in [0.3, 0.4) is 0 Å². The Bertz CT molecular complexity index is 253. The summed E-state index contributed by atoms with van der Waals surface area (Å²) in [6.07, 6.45) is -3.78. The van der Waals surface area contributed by atoms with E-state index in [2.05, 4.69) is 0 Å². The molecule has 0 aliphatic heterocycles. The van der Waals surface area contributed by atoms with Gasteiger partial charge >= 0.3 is 98.8 Å². The number of aliphatic hydroxyl groups excluding tert-OH is 2. The molecule has 0 aliphatic rings. The van der Waals surface area contributed by atoms with Crippen molar-refractivity contribution < 1.29 is 124 Å². The van der Waals surface area contributed by atoms with E-state index < -0.39 is 36.5 Å². The van der Waals surface area contributed by atoms with Crippen LogP contribution in [0.5, 0.6) is 0 Å². The van der Waals surface area contributed by atoms with Crippen LogP contribution in [0.4, 0.5) is 0 Å². The Kier molecular flexibility index (Phi) is 23.4. The predicted octanol–water partition coefficient (Wildman–Crippen LogP) is -7.41. The number of carboxylic acid groups (broad SMARTS) is 3. The maximum absolute atomic E-state index is 9.72. The molecule has 0 aromatic heterocycles. The second kappa shape index (κ2) is 15.0. The Labute approximate surface area is 165 Å². The van der Waals surface area contributed by atoms with Gasteiger partial charge in [-0.1, -0.05) is 0 Å². The van der Waals surface area contributed by atoms with Crippen molar-refractivity contribution in [3.63, 3.8) is 0 Å². The molecule has 0 aromatic rings.